The first kappa shape index (κ1) is 29.2. The minimum atomic E-state index is -3.37. The van der Waals surface area contributed by atoms with E-state index in [1.807, 2.05) is 0 Å². The average molecular weight is 323 g/mol. The van der Waals surface area contributed by atoms with Gasteiger partial charge in [-0.1, -0.05) is 0 Å². The molecule has 11 heteroatoms. The Morgan fingerprint density at radius 3 is 0.455 bits per heavy atom. The van der Waals surface area contributed by atoms with Gasteiger partial charge in [0.15, 0.2) is 0 Å². The molecule has 0 rings (SSSR count). The molecule has 3 radical (unpaired) electrons. The Labute approximate surface area is 97.5 Å². The molecular formula is Mn3O6P2. The maximum absolute atomic E-state index is 8.48. The smallest absolute Gasteiger partial charge is 0.854 e. The van der Waals surface area contributed by atoms with E-state index in [2.05, 4.69) is 0 Å². The molecule has 0 fully saturated rings. The SMILES string of the molecule is [Mn+2].[Mn+2].[Mn+2].[O-]P([O-])[O-].[O-]P([O-])[O-]. The molecule has 0 atom stereocenters. The zero-order valence-corrected chi connectivity index (χ0v) is 9.81. The van der Waals surface area contributed by atoms with Crippen molar-refractivity contribution in [2.75, 3.05) is 0 Å². The van der Waals surface area contributed by atoms with Crippen molar-refractivity contribution in [2.45, 2.75) is 0 Å². The van der Waals surface area contributed by atoms with Crippen molar-refractivity contribution in [3.63, 3.8) is 0 Å². The first-order valence-corrected chi connectivity index (χ1v) is 3.29. The van der Waals surface area contributed by atoms with Crippen molar-refractivity contribution in [2.24, 2.45) is 0 Å². The zero-order valence-electron chi connectivity index (χ0n) is 4.48. The van der Waals surface area contributed by atoms with Crippen LogP contribution in [0.1, 0.15) is 0 Å². The predicted molar refractivity (Wildman–Crippen MR) is 13.8 cm³/mol. The molecule has 0 aliphatic heterocycles. The molecule has 67 valence electrons. The van der Waals surface area contributed by atoms with Crippen LogP contribution in [0.4, 0.5) is 0 Å². The van der Waals surface area contributed by atoms with E-state index < -0.39 is 17.2 Å². The fraction of sp³-hybridized carbons (Fsp3) is 0. The molecule has 0 saturated carbocycles. The summed E-state index contributed by atoms with van der Waals surface area (Å²) in [5.41, 5.74) is 0. The second-order valence-corrected chi connectivity index (χ2v) is 1.34. The minimum Gasteiger partial charge on any atom is -0.854 e. The molecule has 0 aromatic carbocycles. The van der Waals surface area contributed by atoms with Gasteiger partial charge in [-0.2, -0.15) is 0 Å². The molecule has 0 amide bonds. The van der Waals surface area contributed by atoms with Crippen molar-refractivity contribution >= 4 is 17.2 Å². The van der Waals surface area contributed by atoms with Gasteiger partial charge in [-0.25, -0.2) is 0 Å². The first-order chi connectivity index (χ1) is 3.46. The Bertz CT molecular complexity index is 31.3. The van der Waals surface area contributed by atoms with E-state index in [4.69, 9.17) is 29.4 Å². The molecule has 0 aromatic rings. The molecule has 11 heavy (non-hydrogen) atoms. The number of rotatable bonds is 0. The molecule has 0 saturated heterocycles. The van der Waals surface area contributed by atoms with Crippen LogP contribution in [-0.4, -0.2) is 0 Å². The standard InChI is InChI=1S/3Mn.2O3P/c;;;2*1-4(2)3/q3*+2;2*-3. The maximum atomic E-state index is 8.48. The van der Waals surface area contributed by atoms with Gasteiger partial charge in [0.25, 0.3) is 0 Å². The first-order valence-electron chi connectivity index (χ1n) is 1.10. The quantitative estimate of drug-likeness (QED) is 0.322. The molecule has 0 aromatic heterocycles. The van der Waals surface area contributed by atoms with E-state index in [9.17, 15) is 0 Å². The zero-order chi connectivity index (χ0) is 7.15. The molecule has 0 spiro atoms. The fourth-order valence-electron chi connectivity index (χ4n) is 0. The van der Waals surface area contributed by atoms with Gasteiger partial charge < -0.3 is 46.6 Å². The molecule has 0 aliphatic carbocycles. The maximum Gasteiger partial charge on any atom is 2.00 e. The van der Waals surface area contributed by atoms with E-state index >= 15 is 0 Å². The third kappa shape index (κ3) is 266. The van der Waals surface area contributed by atoms with Gasteiger partial charge in [0.1, 0.15) is 0 Å². The van der Waals surface area contributed by atoms with Gasteiger partial charge >= 0.3 is 51.2 Å². The Balaban J connectivity index is -0.0000000171. The second-order valence-electron chi connectivity index (χ2n) is 0.447. The summed E-state index contributed by atoms with van der Waals surface area (Å²) < 4.78 is 0. The van der Waals surface area contributed by atoms with Crippen molar-refractivity contribution in [3.8, 4) is 0 Å². The third-order valence-electron chi connectivity index (χ3n) is 0. The predicted octanol–water partition coefficient (Wildman–Crippen LogP) is -5.42. The number of hydrogen-bond acceptors (Lipinski definition) is 6. The minimum absolute atomic E-state index is 0. The van der Waals surface area contributed by atoms with Gasteiger partial charge in [0, 0.05) is 0 Å². The van der Waals surface area contributed by atoms with Crippen LogP contribution in [0, 0.1) is 0 Å². The summed E-state index contributed by atoms with van der Waals surface area (Å²) in [7, 11) is -6.74. The van der Waals surface area contributed by atoms with Crippen LogP contribution in [0.3, 0.4) is 0 Å². The van der Waals surface area contributed by atoms with Gasteiger partial charge in [0.05, 0.1) is 0 Å². The topological polar surface area (TPSA) is 138 Å². The summed E-state index contributed by atoms with van der Waals surface area (Å²) in [5, 5.41) is 0. The van der Waals surface area contributed by atoms with Crippen molar-refractivity contribution in [3.05, 3.63) is 0 Å². The van der Waals surface area contributed by atoms with Gasteiger partial charge in [-0.15, -0.1) is 0 Å². The fourth-order valence-corrected chi connectivity index (χ4v) is 0. The summed E-state index contributed by atoms with van der Waals surface area (Å²) in [6, 6.07) is 0. The van der Waals surface area contributed by atoms with Crippen LogP contribution in [0.25, 0.3) is 0 Å². The van der Waals surface area contributed by atoms with Crippen LogP contribution in [-0.2, 0) is 51.2 Å². The largest absolute Gasteiger partial charge is 2.00 e. The van der Waals surface area contributed by atoms with Crippen LogP contribution < -0.4 is 29.4 Å². The number of hydrogen-bond donors (Lipinski definition) is 0. The van der Waals surface area contributed by atoms with E-state index in [1.165, 1.54) is 0 Å². The van der Waals surface area contributed by atoms with Crippen molar-refractivity contribution in [1.29, 1.82) is 0 Å². The summed E-state index contributed by atoms with van der Waals surface area (Å²) in [5.74, 6) is 0. The van der Waals surface area contributed by atoms with E-state index in [1.54, 1.807) is 0 Å². The van der Waals surface area contributed by atoms with E-state index in [-0.39, 0.29) is 51.2 Å². The Morgan fingerprint density at radius 2 is 0.455 bits per heavy atom. The summed E-state index contributed by atoms with van der Waals surface area (Å²) in [4.78, 5) is 50.9. The molecular weight excluding hydrogens is 323 g/mol. The monoisotopic (exact) mass is 323 g/mol. The Hall–Kier alpha value is 2.18. The van der Waals surface area contributed by atoms with Crippen molar-refractivity contribution in [1.82, 2.24) is 0 Å². The molecule has 0 aliphatic rings. The molecule has 0 heterocycles. The van der Waals surface area contributed by atoms with Gasteiger partial charge in [0.2, 0.25) is 0 Å². The average Bonchev–Trinajstić information content (AvgIpc) is 1.25. The van der Waals surface area contributed by atoms with Crippen molar-refractivity contribution < 1.29 is 80.6 Å². The van der Waals surface area contributed by atoms with E-state index in [0.29, 0.717) is 0 Å². The van der Waals surface area contributed by atoms with E-state index in [0.717, 1.165) is 0 Å². The molecule has 0 bridgehead atoms. The van der Waals surface area contributed by atoms with Gasteiger partial charge in [-0.3, -0.25) is 0 Å². The van der Waals surface area contributed by atoms with Gasteiger partial charge in [-0.05, 0) is 0 Å². The van der Waals surface area contributed by atoms with Crippen LogP contribution >= 0.6 is 17.2 Å². The Morgan fingerprint density at radius 1 is 0.455 bits per heavy atom. The normalized spacial score (nSPS) is 6.55. The van der Waals surface area contributed by atoms with Crippen LogP contribution in [0.15, 0.2) is 0 Å². The van der Waals surface area contributed by atoms with Crippen LogP contribution in [0.2, 0.25) is 0 Å². The molecule has 0 N–H and O–H groups in total. The summed E-state index contributed by atoms with van der Waals surface area (Å²) >= 11 is 0. The second kappa shape index (κ2) is 22.8. The molecule has 0 unspecified atom stereocenters. The third-order valence-corrected chi connectivity index (χ3v) is 0. The Kier molecular flexibility index (Phi) is 60.4. The summed E-state index contributed by atoms with van der Waals surface area (Å²) in [6.07, 6.45) is 0. The summed E-state index contributed by atoms with van der Waals surface area (Å²) in [6.45, 7) is 0. The van der Waals surface area contributed by atoms with Crippen LogP contribution in [0.5, 0.6) is 0 Å². The molecule has 6 nitrogen and oxygen atoms in total.